The fourth-order valence-electron chi connectivity index (χ4n) is 5.30. The maximum Gasteiger partial charge on any atom is 0.223 e. The Morgan fingerprint density at radius 1 is 1.09 bits per heavy atom. The Balaban J connectivity index is 1.99. The number of hydrogen-bond acceptors (Lipinski definition) is 9. The third-order valence-corrected chi connectivity index (χ3v) is 8.20. The lowest BCUT2D eigenvalue weighted by atomic mass is 9.80. The number of amides is 1. The molecule has 11 heteroatoms. The Kier molecular flexibility index (Phi) is 15.6. The van der Waals surface area contributed by atoms with Crippen molar-refractivity contribution in [2.75, 3.05) is 34.0 Å². The Bertz CT molecular complexity index is 1120. The van der Waals surface area contributed by atoms with Gasteiger partial charge in [-0.25, -0.2) is 0 Å². The van der Waals surface area contributed by atoms with Crippen LogP contribution in [0.1, 0.15) is 72.1 Å². The molecule has 2 rings (SSSR count). The highest BCUT2D eigenvalue weighted by Crippen LogP contribution is 2.32. The molecule has 11 nitrogen and oxygen atoms in total. The average Bonchev–Trinajstić information content (AvgIpc) is 3.43. The highest BCUT2D eigenvalue weighted by molar-refractivity contribution is 5.79. The molecule has 0 aliphatic carbocycles. The van der Waals surface area contributed by atoms with E-state index in [1.807, 2.05) is 45.9 Å². The summed E-state index contributed by atoms with van der Waals surface area (Å²) >= 11 is 0. The number of aliphatic hydroxyl groups excluding tert-OH is 2. The zero-order chi connectivity index (χ0) is 32.9. The van der Waals surface area contributed by atoms with Crippen molar-refractivity contribution < 1.29 is 29.2 Å². The van der Waals surface area contributed by atoms with Crippen molar-refractivity contribution in [3.05, 3.63) is 35.7 Å². The van der Waals surface area contributed by atoms with Crippen LogP contribution in [-0.4, -0.2) is 77.2 Å². The van der Waals surface area contributed by atoms with Gasteiger partial charge in [-0.15, -0.1) is 5.10 Å². The van der Waals surface area contributed by atoms with Crippen LogP contribution in [0.5, 0.6) is 11.5 Å². The van der Waals surface area contributed by atoms with Gasteiger partial charge in [-0.2, -0.15) is 0 Å². The summed E-state index contributed by atoms with van der Waals surface area (Å²) in [6.07, 6.45) is 3.38. The van der Waals surface area contributed by atoms with Crippen molar-refractivity contribution in [2.24, 2.45) is 34.8 Å². The van der Waals surface area contributed by atoms with E-state index in [1.165, 1.54) is 0 Å². The van der Waals surface area contributed by atoms with E-state index in [1.54, 1.807) is 25.1 Å². The normalized spacial score (nSPS) is 14.8. The van der Waals surface area contributed by atoms with Gasteiger partial charge in [-0.3, -0.25) is 9.48 Å². The number of methoxy groups -OCH3 is 2. The number of aliphatic hydroxyl groups is 2. The van der Waals surface area contributed by atoms with Gasteiger partial charge in [0.25, 0.3) is 0 Å². The second kappa shape index (κ2) is 18.3. The van der Waals surface area contributed by atoms with Crippen molar-refractivity contribution in [3.63, 3.8) is 0 Å². The monoisotopic (exact) mass is 619 g/mol. The molecule has 0 fully saturated rings. The molecular weight excluding hydrogens is 562 g/mol. The van der Waals surface area contributed by atoms with Crippen LogP contribution in [-0.2, 0) is 29.1 Å². The second-order valence-electron chi connectivity index (χ2n) is 13.4. The van der Waals surface area contributed by atoms with E-state index in [2.05, 4.69) is 29.5 Å². The van der Waals surface area contributed by atoms with Crippen molar-refractivity contribution >= 4 is 5.91 Å². The van der Waals surface area contributed by atoms with Gasteiger partial charge < -0.3 is 35.5 Å². The summed E-state index contributed by atoms with van der Waals surface area (Å²) in [5.41, 5.74) is 7.93. The number of carbonyl (C=O) groups excluding carboxylic acids is 1. The quantitative estimate of drug-likeness (QED) is 0.154. The van der Waals surface area contributed by atoms with E-state index in [0.717, 1.165) is 18.4 Å². The molecule has 4 atom stereocenters. The lowest BCUT2D eigenvalue weighted by Crippen LogP contribution is -2.44. The molecule has 1 amide bonds. The summed E-state index contributed by atoms with van der Waals surface area (Å²) in [6, 6.07) is 5.54. The number of ether oxygens (including phenoxy) is 3. The van der Waals surface area contributed by atoms with Gasteiger partial charge in [0.05, 0.1) is 32.6 Å². The number of rotatable bonds is 21. The van der Waals surface area contributed by atoms with Gasteiger partial charge in [0.1, 0.15) is 5.69 Å². The van der Waals surface area contributed by atoms with Crippen LogP contribution in [0.25, 0.3) is 0 Å². The first-order chi connectivity index (χ1) is 20.8. The van der Waals surface area contributed by atoms with E-state index in [0.29, 0.717) is 62.3 Å². The molecule has 0 aliphatic rings. The molecule has 2 aromatic rings. The van der Waals surface area contributed by atoms with Crippen LogP contribution in [0.2, 0.25) is 0 Å². The summed E-state index contributed by atoms with van der Waals surface area (Å²) in [6.45, 7) is 14.4. The maximum atomic E-state index is 13.3. The molecule has 5 N–H and O–H groups in total. The van der Waals surface area contributed by atoms with Crippen molar-refractivity contribution in [2.45, 2.75) is 92.5 Å². The van der Waals surface area contributed by atoms with Crippen molar-refractivity contribution in [1.29, 1.82) is 0 Å². The number of benzene rings is 1. The SMILES string of the molecule is COCCCOc1cc(C[C@@H](C[C@H](N)[C@@H](O)C[C@H](C(=O)NCC(C)(C)Cn2cc(CO)nn2)C(C)C)C(C)C)ccc1OC. The van der Waals surface area contributed by atoms with Gasteiger partial charge in [-0.1, -0.05) is 52.8 Å². The van der Waals surface area contributed by atoms with E-state index >= 15 is 0 Å². The fourth-order valence-corrected chi connectivity index (χ4v) is 5.30. The fraction of sp³-hybridized carbons (Fsp3) is 0.727. The van der Waals surface area contributed by atoms with Crippen molar-refractivity contribution in [1.82, 2.24) is 20.3 Å². The summed E-state index contributed by atoms with van der Waals surface area (Å²) in [5, 5.41) is 31.5. The zero-order valence-electron chi connectivity index (χ0n) is 28.1. The van der Waals surface area contributed by atoms with Gasteiger partial charge in [0, 0.05) is 50.6 Å². The first-order valence-electron chi connectivity index (χ1n) is 15.8. The highest BCUT2D eigenvalue weighted by atomic mass is 16.5. The number of carbonyl (C=O) groups is 1. The second-order valence-corrected chi connectivity index (χ2v) is 13.4. The Hall–Kier alpha value is -2.73. The van der Waals surface area contributed by atoms with E-state index in [4.69, 9.17) is 19.9 Å². The van der Waals surface area contributed by atoms with Crippen LogP contribution in [0.3, 0.4) is 0 Å². The Labute approximate surface area is 263 Å². The van der Waals surface area contributed by atoms with E-state index < -0.39 is 12.1 Å². The molecule has 1 aromatic carbocycles. The van der Waals surface area contributed by atoms with Crippen LogP contribution in [0.15, 0.2) is 24.4 Å². The smallest absolute Gasteiger partial charge is 0.223 e. The maximum absolute atomic E-state index is 13.3. The standard InChI is InChI=1S/C33H57N5O6/c1-22(2)25(14-24-10-11-30(43-8)31(15-24)44-13-9-12-42-7)16-28(34)29(40)17-27(23(3)4)32(41)35-20-33(5,6)21-38-18-26(19-39)36-37-38/h10-11,15,18,22-23,25,27-29,39-40H,9,12-14,16-17,19-21,34H2,1-8H3,(H,35,41)/t25-,27-,28-,29-/m0/s1. The Morgan fingerprint density at radius 2 is 1.82 bits per heavy atom. The molecule has 0 aliphatic heterocycles. The predicted molar refractivity (Wildman–Crippen MR) is 171 cm³/mol. The van der Waals surface area contributed by atoms with E-state index in [9.17, 15) is 15.0 Å². The Morgan fingerprint density at radius 3 is 2.41 bits per heavy atom. The molecule has 0 saturated carbocycles. The van der Waals surface area contributed by atoms with Crippen LogP contribution >= 0.6 is 0 Å². The summed E-state index contributed by atoms with van der Waals surface area (Å²) < 4.78 is 18.3. The minimum absolute atomic E-state index is 0.0323. The predicted octanol–water partition coefficient (Wildman–Crippen LogP) is 3.59. The third-order valence-electron chi connectivity index (χ3n) is 8.20. The molecule has 0 unspecified atom stereocenters. The summed E-state index contributed by atoms with van der Waals surface area (Å²) in [7, 11) is 3.31. The average molecular weight is 620 g/mol. The van der Waals surface area contributed by atoms with Gasteiger partial charge >= 0.3 is 0 Å². The van der Waals surface area contributed by atoms with Gasteiger partial charge in [0.15, 0.2) is 11.5 Å². The lowest BCUT2D eigenvalue weighted by Gasteiger charge is -2.31. The van der Waals surface area contributed by atoms with Crippen LogP contribution < -0.4 is 20.5 Å². The molecule has 0 spiro atoms. The molecule has 250 valence electrons. The van der Waals surface area contributed by atoms with Gasteiger partial charge in [0.2, 0.25) is 5.91 Å². The molecule has 1 heterocycles. The summed E-state index contributed by atoms with van der Waals surface area (Å²) in [5.74, 6) is 1.52. The molecular formula is C33H57N5O6. The van der Waals surface area contributed by atoms with Crippen LogP contribution in [0.4, 0.5) is 0 Å². The third kappa shape index (κ3) is 12.3. The zero-order valence-corrected chi connectivity index (χ0v) is 28.1. The van der Waals surface area contributed by atoms with E-state index in [-0.39, 0.29) is 35.7 Å². The minimum Gasteiger partial charge on any atom is -0.493 e. The number of nitrogens with one attached hydrogen (secondary N) is 1. The number of nitrogens with two attached hydrogens (primary N) is 1. The first kappa shape index (κ1) is 37.5. The molecule has 1 aromatic heterocycles. The largest absolute Gasteiger partial charge is 0.493 e. The topological polar surface area (TPSA) is 154 Å². The van der Waals surface area contributed by atoms with Crippen molar-refractivity contribution in [3.8, 4) is 11.5 Å². The molecule has 44 heavy (non-hydrogen) atoms. The molecule has 0 bridgehead atoms. The highest BCUT2D eigenvalue weighted by Gasteiger charge is 2.31. The number of hydrogen-bond donors (Lipinski definition) is 4. The lowest BCUT2D eigenvalue weighted by molar-refractivity contribution is -0.128. The molecule has 0 saturated heterocycles. The number of aromatic nitrogens is 3. The minimum atomic E-state index is -0.815. The first-order valence-corrected chi connectivity index (χ1v) is 15.8. The number of nitrogens with zero attached hydrogens (tertiary/aromatic N) is 3. The summed E-state index contributed by atoms with van der Waals surface area (Å²) in [4.78, 5) is 13.3. The molecule has 0 radical (unpaired) electrons. The van der Waals surface area contributed by atoms with Crippen LogP contribution in [0, 0.1) is 29.1 Å². The van der Waals surface area contributed by atoms with Gasteiger partial charge in [-0.05, 0) is 54.7 Å².